The fourth-order valence-electron chi connectivity index (χ4n) is 1.15. The van der Waals surface area contributed by atoms with E-state index in [0.29, 0.717) is 0 Å². The minimum Gasteiger partial charge on any atom is -0.375 e. The van der Waals surface area contributed by atoms with Gasteiger partial charge in [0.1, 0.15) is 0 Å². The van der Waals surface area contributed by atoms with Crippen LogP contribution < -0.4 is 5.32 Å². The Balaban J connectivity index is 2.81. The van der Waals surface area contributed by atoms with Gasteiger partial charge in [-0.25, -0.2) is 0 Å². The van der Waals surface area contributed by atoms with Crippen LogP contribution >= 0.6 is 0 Å². The van der Waals surface area contributed by atoms with Crippen molar-refractivity contribution < 1.29 is 0 Å². The second kappa shape index (κ2) is 4.55. The Hall–Kier alpha value is -1.44. The van der Waals surface area contributed by atoms with Gasteiger partial charge < -0.3 is 10.2 Å². The Morgan fingerprint density at radius 1 is 1.62 bits per heavy atom. The molecule has 0 aromatic heterocycles. The number of nitrogens with zero attached hydrogens (tertiary/aromatic N) is 1. The predicted molar refractivity (Wildman–Crippen MR) is 56.9 cm³/mol. The Morgan fingerprint density at radius 3 is 3.08 bits per heavy atom. The average molecular weight is 176 g/mol. The van der Waals surface area contributed by atoms with Crippen molar-refractivity contribution in [1.29, 1.82) is 0 Å². The SMILES string of the molecule is C=CC1=CN/C(C)=C\N(C)CC=C1. The molecule has 0 saturated heterocycles. The highest BCUT2D eigenvalue weighted by molar-refractivity contribution is 5.30. The molecule has 0 spiro atoms. The molecule has 70 valence electrons. The lowest BCUT2D eigenvalue weighted by molar-refractivity contribution is 0.503. The van der Waals surface area contributed by atoms with E-state index < -0.39 is 0 Å². The third-order valence-electron chi connectivity index (χ3n) is 1.82. The number of nitrogens with one attached hydrogen (secondary N) is 1. The van der Waals surface area contributed by atoms with Crippen LogP contribution in [0.1, 0.15) is 6.92 Å². The summed E-state index contributed by atoms with van der Waals surface area (Å²) in [7, 11) is 2.05. The van der Waals surface area contributed by atoms with Crippen LogP contribution in [0, 0.1) is 0 Å². The molecule has 1 N–H and O–H groups in total. The zero-order valence-corrected chi connectivity index (χ0v) is 8.25. The van der Waals surface area contributed by atoms with Gasteiger partial charge in [-0.15, -0.1) is 0 Å². The van der Waals surface area contributed by atoms with Crippen LogP contribution in [-0.4, -0.2) is 18.5 Å². The molecular formula is C11H16N2. The Labute approximate surface area is 79.9 Å². The highest BCUT2D eigenvalue weighted by Gasteiger charge is 1.94. The van der Waals surface area contributed by atoms with E-state index in [9.17, 15) is 0 Å². The molecule has 0 atom stereocenters. The molecule has 0 saturated carbocycles. The van der Waals surface area contributed by atoms with Crippen molar-refractivity contribution in [2.24, 2.45) is 0 Å². The van der Waals surface area contributed by atoms with Crippen molar-refractivity contribution in [2.75, 3.05) is 13.6 Å². The smallest absolute Gasteiger partial charge is 0.0354 e. The molecular weight excluding hydrogens is 160 g/mol. The maximum absolute atomic E-state index is 3.74. The first kappa shape index (κ1) is 9.65. The van der Waals surface area contributed by atoms with Crippen LogP contribution in [0.5, 0.6) is 0 Å². The number of hydrogen-bond acceptors (Lipinski definition) is 2. The first-order valence-electron chi connectivity index (χ1n) is 4.36. The summed E-state index contributed by atoms with van der Waals surface area (Å²) in [6, 6.07) is 0. The van der Waals surface area contributed by atoms with Crippen LogP contribution in [0.4, 0.5) is 0 Å². The van der Waals surface area contributed by atoms with Crippen molar-refractivity contribution in [3.63, 3.8) is 0 Å². The molecule has 2 heteroatoms. The molecule has 1 rings (SSSR count). The topological polar surface area (TPSA) is 15.3 Å². The summed E-state index contributed by atoms with van der Waals surface area (Å²) in [4.78, 5) is 2.12. The van der Waals surface area contributed by atoms with Gasteiger partial charge in [-0.2, -0.15) is 0 Å². The van der Waals surface area contributed by atoms with Gasteiger partial charge in [-0.05, 0) is 12.5 Å². The Kier molecular flexibility index (Phi) is 3.38. The molecule has 0 aromatic rings. The van der Waals surface area contributed by atoms with Crippen molar-refractivity contribution in [2.45, 2.75) is 6.92 Å². The van der Waals surface area contributed by atoms with E-state index in [4.69, 9.17) is 0 Å². The van der Waals surface area contributed by atoms with Gasteiger partial charge in [0.05, 0.1) is 0 Å². The number of likely N-dealkylation sites (N-methyl/N-ethyl adjacent to an activating group) is 1. The Bertz CT molecular complexity index is 272. The summed E-state index contributed by atoms with van der Waals surface area (Å²) >= 11 is 0. The second-order valence-corrected chi connectivity index (χ2v) is 3.15. The second-order valence-electron chi connectivity index (χ2n) is 3.15. The van der Waals surface area contributed by atoms with Gasteiger partial charge in [0, 0.05) is 31.7 Å². The molecule has 1 heterocycles. The van der Waals surface area contributed by atoms with Gasteiger partial charge in [-0.3, -0.25) is 0 Å². The van der Waals surface area contributed by atoms with E-state index in [2.05, 4.69) is 42.2 Å². The van der Waals surface area contributed by atoms with Crippen LogP contribution in [0.2, 0.25) is 0 Å². The molecule has 13 heavy (non-hydrogen) atoms. The summed E-state index contributed by atoms with van der Waals surface area (Å²) in [5.74, 6) is 0. The highest BCUT2D eigenvalue weighted by Crippen LogP contribution is 2.01. The van der Waals surface area contributed by atoms with Crippen molar-refractivity contribution in [1.82, 2.24) is 10.2 Å². The van der Waals surface area contributed by atoms with Gasteiger partial charge in [-0.1, -0.05) is 24.8 Å². The van der Waals surface area contributed by atoms with Gasteiger partial charge in [0.2, 0.25) is 0 Å². The van der Waals surface area contributed by atoms with Gasteiger partial charge in [0.25, 0.3) is 0 Å². The minimum absolute atomic E-state index is 0.921. The molecule has 1 aliphatic rings. The third-order valence-corrected chi connectivity index (χ3v) is 1.82. The van der Waals surface area contributed by atoms with E-state index in [1.54, 1.807) is 0 Å². The summed E-state index contributed by atoms with van der Waals surface area (Å²) in [5.41, 5.74) is 2.23. The van der Waals surface area contributed by atoms with Gasteiger partial charge >= 0.3 is 0 Å². The number of rotatable bonds is 1. The molecule has 0 unspecified atom stereocenters. The highest BCUT2D eigenvalue weighted by atomic mass is 15.1. The normalized spacial score (nSPS) is 21.5. The van der Waals surface area contributed by atoms with Crippen LogP contribution in [-0.2, 0) is 0 Å². The predicted octanol–water partition coefficient (Wildman–Crippen LogP) is 2.01. The van der Waals surface area contributed by atoms with E-state index in [-0.39, 0.29) is 0 Å². The maximum atomic E-state index is 3.74. The zero-order chi connectivity index (χ0) is 9.68. The monoisotopic (exact) mass is 176 g/mol. The quantitative estimate of drug-likeness (QED) is 0.657. The molecule has 0 bridgehead atoms. The zero-order valence-electron chi connectivity index (χ0n) is 8.25. The molecule has 1 aliphatic heterocycles. The van der Waals surface area contributed by atoms with Gasteiger partial charge in [0.15, 0.2) is 0 Å². The van der Waals surface area contributed by atoms with E-state index in [1.165, 1.54) is 0 Å². The molecule has 0 aliphatic carbocycles. The minimum atomic E-state index is 0.921. The molecule has 0 radical (unpaired) electrons. The largest absolute Gasteiger partial charge is 0.375 e. The summed E-state index contributed by atoms with van der Waals surface area (Å²) < 4.78 is 0. The molecule has 0 fully saturated rings. The first-order chi connectivity index (χ1) is 6.22. The van der Waals surface area contributed by atoms with Crippen molar-refractivity contribution in [3.8, 4) is 0 Å². The summed E-state index contributed by atoms with van der Waals surface area (Å²) in [5, 5.41) is 3.19. The lowest BCUT2D eigenvalue weighted by Crippen LogP contribution is -2.13. The fourth-order valence-corrected chi connectivity index (χ4v) is 1.15. The lowest BCUT2D eigenvalue weighted by atomic mass is 10.2. The first-order valence-corrected chi connectivity index (χ1v) is 4.36. The molecule has 0 amide bonds. The number of allylic oxidation sites excluding steroid dienone is 4. The maximum Gasteiger partial charge on any atom is 0.0354 e. The summed E-state index contributed by atoms with van der Waals surface area (Å²) in [6.07, 6.45) is 10.0. The summed E-state index contributed by atoms with van der Waals surface area (Å²) in [6.45, 7) is 6.70. The number of hydrogen-bond donors (Lipinski definition) is 1. The van der Waals surface area contributed by atoms with E-state index >= 15 is 0 Å². The standard InChI is InChI=1S/C11H16N2/c1-4-11-6-5-7-13(3)9-10(2)12-8-11/h4-6,8-9,12H,1,7H2,2-3H3/b6-5?,10-9-,11-8?. The Morgan fingerprint density at radius 2 is 2.38 bits per heavy atom. The lowest BCUT2D eigenvalue weighted by Gasteiger charge is -2.11. The van der Waals surface area contributed by atoms with E-state index in [0.717, 1.165) is 17.8 Å². The molecule has 2 nitrogen and oxygen atoms in total. The van der Waals surface area contributed by atoms with Crippen LogP contribution in [0.3, 0.4) is 0 Å². The van der Waals surface area contributed by atoms with Crippen molar-refractivity contribution in [3.05, 3.63) is 48.5 Å². The average Bonchev–Trinajstić information content (AvgIpc) is 2.16. The van der Waals surface area contributed by atoms with Crippen molar-refractivity contribution >= 4 is 0 Å². The van der Waals surface area contributed by atoms with Crippen LogP contribution in [0.15, 0.2) is 48.5 Å². The van der Waals surface area contributed by atoms with Crippen LogP contribution in [0.25, 0.3) is 0 Å². The fraction of sp³-hybridized carbons (Fsp3) is 0.273. The third kappa shape index (κ3) is 3.20. The van der Waals surface area contributed by atoms with E-state index in [1.807, 2.05) is 19.2 Å². The molecule has 0 aromatic carbocycles.